The number of esters is 1. The number of nitrogens with zero attached hydrogens (tertiary/aromatic N) is 2. The van der Waals surface area contributed by atoms with Crippen LogP contribution in [0.2, 0.25) is 0 Å². The number of aryl methyl sites for hydroxylation is 1. The van der Waals surface area contributed by atoms with Gasteiger partial charge in [-0.1, -0.05) is 0 Å². The summed E-state index contributed by atoms with van der Waals surface area (Å²) in [6.45, 7) is 9.21. The summed E-state index contributed by atoms with van der Waals surface area (Å²) in [5, 5.41) is 0. The van der Waals surface area contributed by atoms with Crippen molar-refractivity contribution in [1.82, 2.24) is 14.8 Å². The van der Waals surface area contributed by atoms with E-state index >= 15 is 0 Å². The predicted octanol–water partition coefficient (Wildman–Crippen LogP) is 1.24. The maximum Gasteiger partial charge on any atom is 0.339 e. The number of H-pyrrole nitrogens is 1. The van der Waals surface area contributed by atoms with Crippen LogP contribution in [0.5, 0.6) is 0 Å². The van der Waals surface area contributed by atoms with E-state index in [1.807, 2.05) is 6.92 Å². The first-order chi connectivity index (χ1) is 10.4. The molecule has 0 spiro atoms. The molecule has 1 aliphatic heterocycles. The second-order valence-electron chi connectivity index (χ2n) is 6.00. The fraction of sp³-hybridized carbons (Fsp3) is 0.625. The summed E-state index contributed by atoms with van der Waals surface area (Å²) < 4.78 is 4.79. The number of likely N-dealkylation sites (N-methyl/N-ethyl adjacent to an activating group) is 1. The highest BCUT2D eigenvalue weighted by molar-refractivity contribution is 6.03. The molecule has 1 aliphatic rings. The topological polar surface area (TPSA) is 65.6 Å². The van der Waals surface area contributed by atoms with Crippen molar-refractivity contribution in [3.8, 4) is 0 Å². The highest BCUT2D eigenvalue weighted by atomic mass is 16.5. The lowest BCUT2D eigenvalue weighted by Crippen LogP contribution is -2.50. The van der Waals surface area contributed by atoms with Gasteiger partial charge in [-0.3, -0.25) is 9.69 Å². The highest BCUT2D eigenvalue weighted by Crippen LogP contribution is 2.21. The zero-order chi connectivity index (χ0) is 16.4. The Morgan fingerprint density at radius 3 is 2.32 bits per heavy atom. The summed E-state index contributed by atoms with van der Waals surface area (Å²) >= 11 is 0. The van der Waals surface area contributed by atoms with Crippen LogP contribution in [0.25, 0.3) is 0 Å². The number of aromatic nitrogens is 1. The number of ketones is 1. The Morgan fingerprint density at radius 2 is 1.77 bits per heavy atom. The second kappa shape index (κ2) is 6.62. The third-order valence-electron chi connectivity index (χ3n) is 4.54. The number of methoxy groups -OCH3 is 1. The monoisotopic (exact) mass is 307 g/mol. The molecular weight excluding hydrogens is 282 g/mol. The van der Waals surface area contributed by atoms with Crippen LogP contribution < -0.4 is 0 Å². The van der Waals surface area contributed by atoms with Gasteiger partial charge in [0.15, 0.2) is 5.78 Å². The van der Waals surface area contributed by atoms with Crippen LogP contribution >= 0.6 is 0 Å². The molecule has 2 heterocycles. The molecular formula is C16H25N3O3. The Labute approximate surface area is 131 Å². The Bertz CT molecular complexity index is 571. The third kappa shape index (κ3) is 3.08. The van der Waals surface area contributed by atoms with Crippen LogP contribution in [0.15, 0.2) is 0 Å². The molecule has 0 bridgehead atoms. The number of hydrogen-bond donors (Lipinski definition) is 1. The molecule has 1 fully saturated rings. The van der Waals surface area contributed by atoms with Crippen molar-refractivity contribution in [3.63, 3.8) is 0 Å². The molecule has 2 rings (SSSR count). The number of ether oxygens (including phenoxy) is 1. The number of piperazine rings is 1. The van der Waals surface area contributed by atoms with E-state index in [0.717, 1.165) is 26.2 Å². The zero-order valence-corrected chi connectivity index (χ0v) is 14.0. The lowest BCUT2D eigenvalue weighted by Gasteiger charge is -2.35. The van der Waals surface area contributed by atoms with E-state index in [2.05, 4.69) is 21.8 Å². The van der Waals surface area contributed by atoms with Crippen LogP contribution in [0.4, 0.5) is 0 Å². The van der Waals surface area contributed by atoms with Gasteiger partial charge in [-0.2, -0.15) is 0 Å². The van der Waals surface area contributed by atoms with Crippen LogP contribution in [0, 0.1) is 13.8 Å². The average Bonchev–Trinajstić information content (AvgIpc) is 2.80. The number of aromatic amines is 1. The number of nitrogens with one attached hydrogen (secondary N) is 1. The van der Waals surface area contributed by atoms with Crippen LogP contribution in [0.1, 0.15) is 39.0 Å². The SMILES string of the molecule is COC(=O)c1c(C)[nH]c(C(=O)[C@@H](C)N2CCN(C)CC2)c1C. The van der Waals surface area contributed by atoms with Gasteiger partial charge in [0.05, 0.1) is 24.4 Å². The van der Waals surface area contributed by atoms with E-state index in [1.54, 1.807) is 13.8 Å². The molecule has 1 aromatic rings. The maximum absolute atomic E-state index is 12.8. The minimum absolute atomic E-state index is 0.0281. The molecule has 6 heteroatoms. The van der Waals surface area contributed by atoms with E-state index in [-0.39, 0.29) is 11.8 Å². The molecule has 0 aliphatic carbocycles. The third-order valence-corrected chi connectivity index (χ3v) is 4.54. The molecule has 6 nitrogen and oxygen atoms in total. The number of carbonyl (C=O) groups is 2. The number of rotatable bonds is 4. The van der Waals surface area contributed by atoms with Gasteiger partial charge in [0.25, 0.3) is 0 Å². The molecule has 0 amide bonds. The Balaban J connectivity index is 2.21. The van der Waals surface area contributed by atoms with Gasteiger partial charge in [0.1, 0.15) is 0 Å². The molecule has 1 atom stereocenters. The van der Waals surface area contributed by atoms with E-state index < -0.39 is 5.97 Å². The number of hydrogen-bond acceptors (Lipinski definition) is 5. The molecule has 122 valence electrons. The first-order valence-corrected chi connectivity index (χ1v) is 7.61. The van der Waals surface area contributed by atoms with Gasteiger partial charge in [-0.25, -0.2) is 4.79 Å². The van der Waals surface area contributed by atoms with E-state index in [1.165, 1.54) is 7.11 Å². The van der Waals surface area contributed by atoms with Crippen molar-refractivity contribution in [2.24, 2.45) is 0 Å². The van der Waals surface area contributed by atoms with Crippen molar-refractivity contribution in [3.05, 3.63) is 22.5 Å². The Morgan fingerprint density at radius 1 is 1.18 bits per heavy atom. The number of Topliss-reactive ketones (excluding diaryl/α,β-unsaturated/α-hetero) is 1. The summed E-state index contributed by atoms with van der Waals surface area (Å²) in [6.07, 6.45) is 0. The smallest absolute Gasteiger partial charge is 0.339 e. The number of carbonyl (C=O) groups excluding carboxylic acids is 2. The Kier molecular flexibility index (Phi) is 5.03. The first kappa shape index (κ1) is 16.7. The summed E-state index contributed by atoms with van der Waals surface area (Å²) in [7, 11) is 3.44. The van der Waals surface area contributed by atoms with Crippen LogP contribution in [-0.4, -0.2) is 72.9 Å². The predicted molar refractivity (Wildman–Crippen MR) is 84.5 cm³/mol. The quantitative estimate of drug-likeness (QED) is 0.669. The lowest BCUT2D eigenvalue weighted by molar-refractivity contribution is 0.0599. The molecule has 1 N–H and O–H groups in total. The van der Waals surface area contributed by atoms with Gasteiger partial charge in [0.2, 0.25) is 0 Å². The minimum Gasteiger partial charge on any atom is -0.465 e. The molecule has 22 heavy (non-hydrogen) atoms. The van der Waals surface area contributed by atoms with E-state index in [9.17, 15) is 9.59 Å². The maximum atomic E-state index is 12.8. The van der Waals surface area contributed by atoms with E-state index in [0.29, 0.717) is 22.5 Å². The van der Waals surface area contributed by atoms with Crippen molar-refractivity contribution in [1.29, 1.82) is 0 Å². The summed E-state index contributed by atoms with van der Waals surface area (Å²) in [5.74, 6) is -0.377. The lowest BCUT2D eigenvalue weighted by atomic mass is 10.0. The summed E-state index contributed by atoms with van der Waals surface area (Å²) in [5.41, 5.74) is 2.34. The van der Waals surface area contributed by atoms with Gasteiger partial charge in [-0.05, 0) is 33.4 Å². The largest absolute Gasteiger partial charge is 0.465 e. The van der Waals surface area contributed by atoms with Crippen molar-refractivity contribution in [2.45, 2.75) is 26.8 Å². The highest BCUT2D eigenvalue weighted by Gasteiger charge is 2.29. The van der Waals surface area contributed by atoms with Crippen LogP contribution in [-0.2, 0) is 4.74 Å². The molecule has 0 radical (unpaired) electrons. The van der Waals surface area contributed by atoms with Crippen molar-refractivity contribution in [2.75, 3.05) is 40.3 Å². The fourth-order valence-corrected chi connectivity index (χ4v) is 2.99. The summed E-state index contributed by atoms with van der Waals surface area (Å²) in [6, 6.07) is -0.198. The average molecular weight is 307 g/mol. The van der Waals surface area contributed by atoms with Crippen molar-refractivity contribution < 1.29 is 14.3 Å². The molecule has 1 aromatic heterocycles. The first-order valence-electron chi connectivity index (χ1n) is 7.61. The molecule has 0 unspecified atom stereocenters. The minimum atomic E-state index is -0.405. The van der Waals surface area contributed by atoms with Crippen molar-refractivity contribution >= 4 is 11.8 Å². The molecule has 1 saturated heterocycles. The van der Waals surface area contributed by atoms with E-state index in [4.69, 9.17) is 4.74 Å². The molecule has 0 saturated carbocycles. The zero-order valence-electron chi connectivity index (χ0n) is 14.0. The molecule has 0 aromatic carbocycles. The van der Waals surface area contributed by atoms with Gasteiger partial charge in [-0.15, -0.1) is 0 Å². The standard InChI is InChI=1S/C16H25N3O3/c1-10-13(16(21)22-5)11(2)17-14(10)15(20)12(3)19-8-6-18(4)7-9-19/h12,17H,6-9H2,1-5H3/t12-/m1/s1. The van der Waals surface area contributed by atoms with Gasteiger partial charge >= 0.3 is 5.97 Å². The van der Waals surface area contributed by atoms with Gasteiger partial charge in [0, 0.05) is 31.9 Å². The second-order valence-corrected chi connectivity index (χ2v) is 6.00. The fourth-order valence-electron chi connectivity index (χ4n) is 2.99. The van der Waals surface area contributed by atoms with Gasteiger partial charge < -0.3 is 14.6 Å². The normalized spacial score (nSPS) is 18.2. The summed E-state index contributed by atoms with van der Waals surface area (Å²) in [4.78, 5) is 32.1. The Hall–Kier alpha value is -1.66. The van der Waals surface area contributed by atoms with Crippen LogP contribution in [0.3, 0.4) is 0 Å².